The van der Waals surface area contributed by atoms with Crippen molar-refractivity contribution in [1.29, 1.82) is 0 Å². The second-order valence-electron chi connectivity index (χ2n) is 5.85. The predicted octanol–water partition coefficient (Wildman–Crippen LogP) is -1.18. The minimum absolute atomic E-state index is 0.147. The Morgan fingerprint density at radius 3 is 2.75 bits per heavy atom. The number of nitrogens with zero attached hydrogens (tertiary/aromatic N) is 1. The van der Waals surface area contributed by atoms with E-state index in [0.29, 0.717) is 32.4 Å². The highest BCUT2D eigenvalue weighted by atomic mass is 16.5. The van der Waals surface area contributed by atoms with Crippen LogP contribution in [0.1, 0.15) is 25.7 Å². The standard InChI is InChI=1S/C14H22N4O6/c1-24-13(21)10(7-8-4-5-15-11(8)19)16-12(20)9-3-2-6-18(17-9)14(22)23/h8-10,17H,2-7H2,1H3,(H,15,19)(H,16,20)(H,22,23). The number of carbonyl (C=O) groups excluding carboxylic acids is 3. The van der Waals surface area contributed by atoms with Crippen LogP contribution in [0.4, 0.5) is 4.79 Å². The summed E-state index contributed by atoms with van der Waals surface area (Å²) in [5, 5.41) is 15.2. The molecule has 0 aliphatic carbocycles. The molecule has 0 aromatic rings. The van der Waals surface area contributed by atoms with Gasteiger partial charge in [0.2, 0.25) is 11.8 Å². The fourth-order valence-corrected chi connectivity index (χ4v) is 2.89. The Balaban J connectivity index is 1.97. The van der Waals surface area contributed by atoms with E-state index in [-0.39, 0.29) is 18.2 Å². The van der Waals surface area contributed by atoms with Crippen LogP contribution in [0.2, 0.25) is 0 Å². The second kappa shape index (κ2) is 7.95. The normalized spacial score (nSPS) is 24.9. The van der Waals surface area contributed by atoms with Gasteiger partial charge in [0.05, 0.1) is 7.11 Å². The van der Waals surface area contributed by atoms with Gasteiger partial charge in [0.1, 0.15) is 12.1 Å². The monoisotopic (exact) mass is 342 g/mol. The molecule has 2 aliphatic rings. The number of hydrogen-bond donors (Lipinski definition) is 4. The first kappa shape index (κ1) is 18.0. The highest BCUT2D eigenvalue weighted by Crippen LogP contribution is 2.17. The zero-order valence-corrected chi connectivity index (χ0v) is 13.4. The highest BCUT2D eigenvalue weighted by molar-refractivity contribution is 5.88. The van der Waals surface area contributed by atoms with Gasteiger partial charge in [-0.1, -0.05) is 0 Å². The molecule has 10 nitrogen and oxygen atoms in total. The Morgan fingerprint density at radius 1 is 1.42 bits per heavy atom. The van der Waals surface area contributed by atoms with E-state index in [1.165, 1.54) is 7.11 Å². The maximum atomic E-state index is 12.4. The molecule has 2 saturated heterocycles. The van der Waals surface area contributed by atoms with E-state index in [1.54, 1.807) is 0 Å². The summed E-state index contributed by atoms with van der Waals surface area (Å²) in [7, 11) is 1.21. The summed E-state index contributed by atoms with van der Waals surface area (Å²) < 4.78 is 4.70. The van der Waals surface area contributed by atoms with Crippen molar-refractivity contribution in [3.8, 4) is 0 Å². The molecule has 3 unspecified atom stereocenters. The van der Waals surface area contributed by atoms with Crippen LogP contribution in [0.3, 0.4) is 0 Å². The summed E-state index contributed by atoms with van der Waals surface area (Å²) in [6.07, 6.45) is 0.564. The SMILES string of the molecule is COC(=O)C(CC1CCNC1=O)NC(=O)C1CCCN(C(=O)O)N1. The van der Waals surface area contributed by atoms with E-state index in [4.69, 9.17) is 9.84 Å². The fourth-order valence-electron chi connectivity index (χ4n) is 2.89. The summed E-state index contributed by atoms with van der Waals surface area (Å²) in [6.45, 7) is 0.838. The lowest BCUT2D eigenvalue weighted by atomic mass is 9.98. The first-order valence-electron chi connectivity index (χ1n) is 7.85. The first-order valence-corrected chi connectivity index (χ1v) is 7.85. The molecular formula is C14H22N4O6. The maximum Gasteiger partial charge on any atom is 0.421 e. The van der Waals surface area contributed by atoms with Crippen LogP contribution in [0.25, 0.3) is 0 Å². The second-order valence-corrected chi connectivity index (χ2v) is 5.85. The fraction of sp³-hybridized carbons (Fsp3) is 0.714. The molecule has 2 fully saturated rings. The molecule has 10 heteroatoms. The van der Waals surface area contributed by atoms with Crippen molar-refractivity contribution < 1.29 is 29.0 Å². The third kappa shape index (κ3) is 4.34. The van der Waals surface area contributed by atoms with Crippen LogP contribution < -0.4 is 16.1 Å². The van der Waals surface area contributed by atoms with E-state index >= 15 is 0 Å². The predicted molar refractivity (Wildman–Crippen MR) is 80.6 cm³/mol. The summed E-state index contributed by atoms with van der Waals surface area (Å²) in [5.74, 6) is -1.63. The molecule has 0 radical (unpaired) electrons. The molecule has 4 N–H and O–H groups in total. The lowest BCUT2D eigenvalue weighted by Gasteiger charge is -2.32. The van der Waals surface area contributed by atoms with Gasteiger partial charge >= 0.3 is 12.1 Å². The molecule has 0 spiro atoms. The molecule has 3 atom stereocenters. The van der Waals surface area contributed by atoms with E-state index in [9.17, 15) is 19.2 Å². The molecule has 0 aromatic heterocycles. The summed E-state index contributed by atoms with van der Waals surface area (Å²) in [4.78, 5) is 46.9. The van der Waals surface area contributed by atoms with Crippen molar-refractivity contribution in [2.75, 3.05) is 20.2 Å². The van der Waals surface area contributed by atoms with Crippen LogP contribution in [0.15, 0.2) is 0 Å². The minimum atomic E-state index is -1.17. The van der Waals surface area contributed by atoms with Gasteiger partial charge in [0, 0.05) is 19.0 Å². The van der Waals surface area contributed by atoms with E-state index in [1.807, 2.05) is 0 Å². The largest absolute Gasteiger partial charge is 0.467 e. The first-order chi connectivity index (χ1) is 11.4. The number of esters is 1. The van der Waals surface area contributed by atoms with Crippen molar-refractivity contribution in [3.63, 3.8) is 0 Å². The van der Waals surface area contributed by atoms with E-state index in [0.717, 1.165) is 5.01 Å². The van der Waals surface area contributed by atoms with Crippen molar-refractivity contribution in [2.45, 2.75) is 37.8 Å². The molecule has 0 aromatic carbocycles. The number of amides is 3. The molecule has 3 amide bonds. The average Bonchev–Trinajstić information content (AvgIpc) is 2.98. The third-order valence-corrected chi connectivity index (χ3v) is 4.22. The molecule has 24 heavy (non-hydrogen) atoms. The Hall–Kier alpha value is -2.36. The molecule has 2 rings (SSSR count). The van der Waals surface area contributed by atoms with Gasteiger partial charge in [0.25, 0.3) is 0 Å². The lowest BCUT2D eigenvalue weighted by Crippen LogP contribution is -2.59. The molecule has 0 bridgehead atoms. The number of methoxy groups -OCH3 is 1. The van der Waals surface area contributed by atoms with Crippen molar-refractivity contribution in [1.82, 2.24) is 21.1 Å². The van der Waals surface area contributed by atoms with Crippen LogP contribution in [-0.4, -0.2) is 66.3 Å². The molecule has 2 heterocycles. The van der Waals surface area contributed by atoms with Gasteiger partial charge < -0.3 is 20.5 Å². The van der Waals surface area contributed by atoms with Crippen molar-refractivity contribution in [2.24, 2.45) is 5.92 Å². The van der Waals surface area contributed by atoms with E-state index in [2.05, 4.69) is 16.1 Å². The number of hydrogen-bond acceptors (Lipinski definition) is 6. The Bertz CT molecular complexity index is 525. The molecular weight excluding hydrogens is 320 g/mol. The van der Waals surface area contributed by atoms with Gasteiger partial charge in [-0.15, -0.1) is 0 Å². The molecule has 134 valence electrons. The number of carboxylic acid groups (broad SMARTS) is 1. The maximum absolute atomic E-state index is 12.4. The smallest absolute Gasteiger partial charge is 0.421 e. The lowest BCUT2D eigenvalue weighted by molar-refractivity contribution is -0.146. The van der Waals surface area contributed by atoms with Gasteiger partial charge in [-0.05, 0) is 25.7 Å². The third-order valence-electron chi connectivity index (χ3n) is 4.22. The topological polar surface area (TPSA) is 137 Å². The van der Waals surface area contributed by atoms with E-state index < -0.39 is 30.1 Å². The summed E-state index contributed by atoms with van der Waals surface area (Å²) in [5.41, 5.74) is 2.61. The number of hydrazine groups is 1. The Kier molecular flexibility index (Phi) is 5.96. The minimum Gasteiger partial charge on any atom is -0.467 e. The zero-order valence-electron chi connectivity index (χ0n) is 13.4. The summed E-state index contributed by atoms with van der Waals surface area (Å²) in [6, 6.07) is -1.70. The van der Waals surface area contributed by atoms with Crippen LogP contribution >= 0.6 is 0 Å². The number of nitrogens with one attached hydrogen (secondary N) is 3. The number of rotatable bonds is 5. The van der Waals surface area contributed by atoms with Crippen molar-refractivity contribution >= 4 is 23.9 Å². The Labute approximate surface area is 138 Å². The molecule has 0 saturated carbocycles. The van der Waals surface area contributed by atoms with Gasteiger partial charge in [-0.25, -0.2) is 20.0 Å². The quantitative estimate of drug-likeness (QED) is 0.461. The Morgan fingerprint density at radius 2 is 2.17 bits per heavy atom. The summed E-state index contributed by atoms with van der Waals surface area (Å²) >= 11 is 0. The van der Waals surface area contributed by atoms with Crippen LogP contribution in [0, 0.1) is 5.92 Å². The van der Waals surface area contributed by atoms with Gasteiger partial charge in [-0.2, -0.15) is 0 Å². The average molecular weight is 342 g/mol. The van der Waals surface area contributed by atoms with Crippen molar-refractivity contribution in [3.05, 3.63) is 0 Å². The van der Waals surface area contributed by atoms with Crippen LogP contribution in [0.5, 0.6) is 0 Å². The highest BCUT2D eigenvalue weighted by Gasteiger charge is 2.34. The number of carbonyl (C=O) groups is 4. The van der Waals surface area contributed by atoms with Gasteiger partial charge in [0.15, 0.2) is 0 Å². The number of ether oxygens (including phenoxy) is 1. The van der Waals surface area contributed by atoms with Crippen LogP contribution in [-0.2, 0) is 19.1 Å². The molecule has 2 aliphatic heterocycles. The van der Waals surface area contributed by atoms with Gasteiger partial charge in [-0.3, -0.25) is 9.59 Å². The zero-order chi connectivity index (χ0) is 17.7.